The minimum Gasteiger partial charge on any atom is -0.378 e. The van der Waals surface area contributed by atoms with Gasteiger partial charge in [0.15, 0.2) is 5.17 Å². The summed E-state index contributed by atoms with van der Waals surface area (Å²) in [4.78, 5) is 0. The monoisotopic (exact) mass is 147 g/mol. The van der Waals surface area contributed by atoms with Gasteiger partial charge in [-0.3, -0.25) is 10.1 Å². The van der Waals surface area contributed by atoms with Gasteiger partial charge in [0.2, 0.25) is 0 Å². The SMILES string of the molecule is CCCCNSC(=N)N. The van der Waals surface area contributed by atoms with E-state index in [0.717, 1.165) is 13.0 Å². The van der Waals surface area contributed by atoms with E-state index < -0.39 is 0 Å². The fourth-order valence-electron chi connectivity index (χ4n) is 0.378. The summed E-state index contributed by atoms with van der Waals surface area (Å²) in [6.07, 6.45) is 2.31. The van der Waals surface area contributed by atoms with Crippen LogP contribution in [0.3, 0.4) is 0 Å². The molecule has 4 N–H and O–H groups in total. The molecule has 0 rings (SSSR count). The Morgan fingerprint density at radius 3 is 2.89 bits per heavy atom. The van der Waals surface area contributed by atoms with Crippen molar-refractivity contribution in [2.75, 3.05) is 6.54 Å². The Bertz CT molecular complexity index is 84.3. The normalized spacial score (nSPS) is 9.44. The predicted octanol–water partition coefficient (Wildman–Crippen LogP) is 0.918. The Morgan fingerprint density at radius 2 is 2.44 bits per heavy atom. The summed E-state index contributed by atoms with van der Waals surface area (Å²) in [5.41, 5.74) is 5.06. The fourth-order valence-corrected chi connectivity index (χ4v) is 0.780. The van der Waals surface area contributed by atoms with Crippen molar-refractivity contribution in [3.05, 3.63) is 0 Å². The van der Waals surface area contributed by atoms with Gasteiger partial charge in [-0.2, -0.15) is 0 Å². The first kappa shape index (κ1) is 8.78. The number of amidine groups is 1. The molecule has 0 saturated carbocycles. The Balaban J connectivity index is 2.83. The average Bonchev–Trinajstić information content (AvgIpc) is 1.80. The maximum absolute atomic E-state index is 6.81. The first-order valence-electron chi connectivity index (χ1n) is 3.01. The summed E-state index contributed by atoms with van der Waals surface area (Å²) in [6.45, 7) is 3.06. The molecule has 3 nitrogen and oxygen atoms in total. The molecule has 0 spiro atoms. The van der Waals surface area contributed by atoms with Crippen molar-refractivity contribution in [2.24, 2.45) is 5.73 Å². The number of rotatable bonds is 4. The lowest BCUT2D eigenvalue weighted by atomic mass is 10.3. The standard InChI is InChI=1S/C5H13N3S/c1-2-3-4-8-9-5(6)7/h8H,2-4H2,1H3,(H3,6,7). The molecule has 54 valence electrons. The summed E-state index contributed by atoms with van der Waals surface area (Å²) >= 11 is 1.18. The highest BCUT2D eigenvalue weighted by molar-refractivity contribution is 8.12. The lowest BCUT2D eigenvalue weighted by molar-refractivity contribution is 0.778. The van der Waals surface area contributed by atoms with E-state index in [1.54, 1.807) is 0 Å². The van der Waals surface area contributed by atoms with Crippen LogP contribution in [0.4, 0.5) is 0 Å². The Hall–Kier alpha value is -0.220. The molecule has 9 heavy (non-hydrogen) atoms. The van der Waals surface area contributed by atoms with Crippen LogP contribution in [-0.4, -0.2) is 11.7 Å². The summed E-state index contributed by atoms with van der Waals surface area (Å²) in [5, 5.41) is 6.94. The summed E-state index contributed by atoms with van der Waals surface area (Å²) in [6, 6.07) is 0. The molecule has 0 unspecified atom stereocenters. The van der Waals surface area contributed by atoms with Crippen LogP contribution in [0.2, 0.25) is 0 Å². The Morgan fingerprint density at radius 1 is 1.78 bits per heavy atom. The van der Waals surface area contributed by atoms with Gasteiger partial charge in [-0.25, -0.2) is 0 Å². The third-order valence-corrected chi connectivity index (χ3v) is 1.38. The number of hydrogen-bond acceptors (Lipinski definition) is 3. The second-order valence-electron chi connectivity index (χ2n) is 1.71. The smallest absolute Gasteiger partial charge is 0.166 e. The maximum atomic E-state index is 6.81. The molecule has 0 radical (unpaired) electrons. The maximum Gasteiger partial charge on any atom is 0.166 e. The lowest BCUT2D eigenvalue weighted by Gasteiger charge is -1.98. The van der Waals surface area contributed by atoms with Crippen LogP contribution in [0.5, 0.6) is 0 Å². The summed E-state index contributed by atoms with van der Waals surface area (Å²) in [5.74, 6) is 0. The van der Waals surface area contributed by atoms with E-state index in [-0.39, 0.29) is 5.17 Å². The molecule has 0 aromatic heterocycles. The first-order valence-corrected chi connectivity index (χ1v) is 3.82. The molecular formula is C5H13N3S. The van der Waals surface area contributed by atoms with Gasteiger partial charge in [0, 0.05) is 6.54 Å². The van der Waals surface area contributed by atoms with Gasteiger partial charge in [0.1, 0.15) is 0 Å². The van der Waals surface area contributed by atoms with Gasteiger partial charge in [-0.05, 0) is 18.4 Å². The lowest BCUT2D eigenvalue weighted by Crippen LogP contribution is -2.14. The Kier molecular flexibility index (Phi) is 5.76. The van der Waals surface area contributed by atoms with E-state index in [1.165, 1.54) is 18.4 Å². The minimum atomic E-state index is 0.131. The molecule has 0 aliphatic rings. The third-order valence-electron chi connectivity index (χ3n) is 0.815. The molecule has 0 fully saturated rings. The highest BCUT2D eigenvalue weighted by atomic mass is 32.2. The first-order chi connectivity index (χ1) is 4.27. The van der Waals surface area contributed by atoms with Gasteiger partial charge in [-0.1, -0.05) is 13.3 Å². The van der Waals surface area contributed by atoms with Crippen molar-refractivity contribution in [1.82, 2.24) is 4.72 Å². The molecule has 0 saturated heterocycles. The van der Waals surface area contributed by atoms with Crippen molar-refractivity contribution < 1.29 is 0 Å². The van der Waals surface area contributed by atoms with Crippen molar-refractivity contribution in [3.8, 4) is 0 Å². The number of hydrogen-bond donors (Lipinski definition) is 3. The van der Waals surface area contributed by atoms with Crippen LogP contribution < -0.4 is 10.5 Å². The average molecular weight is 147 g/mol. The Labute approximate surface area is 60.0 Å². The zero-order valence-corrected chi connectivity index (χ0v) is 6.42. The molecule has 0 amide bonds. The highest BCUT2D eigenvalue weighted by Gasteiger charge is 1.87. The van der Waals surface area contributed by atoms with Crippen molar-refractivity contribution in [2.45, 2.75) is 19.8 Å². The number of nitrogens with two attached hydrogens (primary N) is 1. The molecule has 0 atom stereocenters. The van der Waals surface area contributed by atoms with Crippen molar-refractivity contribution in [3.63, 3.8) is 0 Å². The van der Waals surface area contributed by atoms with Gasteiger partial charge in [0.25, 0.3) is 0 Å². The van der Waals surface area contributed by atoms with Gasteiger partial charge < -0.3 is 5.73 Å². The quantitative estimate of drug-likeness (QED) is 0.240. The van der Waals surface area contributed by atoms with Crippen LogP contribution in [0.15, 0.2) is 0 Å². The molecule has 0 aliphatic heterocycles. The van der Waals surface area contributed by atoms with E-state index in [2.05, 4.69) is 11.6 Å². The zero-order chi connectivity index (χ0) is 7.11. The summed E-state index contributed by atoms with van der Waals surface area (Å²) in [7, 11) is 0. The van der Waals surface area contributed by atoms with Crippen LogP contribution in [-0.2, 0) is 0 Å². The number of unbranched alkanes of at least 4 members (excludes halogenated alkanes) is 1. The third kappa shape index (κ3) is 7.78. The minimum absolute atomic E-state index is 0.131. The fraction of sp³-hybridized carbons (Fsp3) is 0.800. The van der Waals surface area contributed by atoms with Gasteiger partial charge in [-0.15, -0.1) is 0 Å². The van der Waals surface area contributed by atoms with E-state index >= 15 is 0 Å². The van der Waals surface area contributed by atoms with E-state index in [4.69, 9.17) is 11.1 Å². The van der Waals surface area contributed by atoms with Gasteiger partial charge >= 0.3 is 0 Å². The van der Waals surface area contributed by atoms with Crippen LogP contribution in [0.25, 0.3) is 0 Å². The molecule has 0 bridgehead atoms. The summed E-state index contributed by atoms with van der Waals surface area (Å²) < 4.78 is 2.95. The molecule has 4 heteroatoms. The highest BCUT2D eigenvalue weighted by Crippen LogP contribution is 1.91. The van der Waals surface area contributed by atoms with Crippen LogP contribution in [0.1, 0.15) is 19.8 Å². The second kappa shape index (κ2) is 5.91. The number of nitrogens with one attached hydrogen (secondary N) is 2. The van der Waals surface area contributed by atoms with E-state index in [1.807, 2.05) is 0 Å². The topological polar surface area (TPSA) is 61.9 Å². The van der Waals surface area contributed by atoms with Gasteiger partial charge in [0.05, 0.1) is 0 Å². The van der Waals surface area contributed by atoms with Crippen molar-refractivity contribution in [1.29, 1.82) is 5.41 Å². The van der Waals surface area contributed by atoms with E-state index in [9.17, 15) is 0 Å². The molecule has 0 aliphatic carbocycles. The second-order valence-corrected chi connectivity index (χ2v) is 2.65. The molecule has 0 aromatic carbocycles. The van der Waals surface area contributed by atoms with Crippen LogP contribution in [0, 0.1) is 5.41 Å². The van der Waals surface area contributed by atoms with Crippen molar-refractivity contribution >= 4 is 17.1 Å². The molecule has 0 heterocycles. The molecular weight excluding hydrogens is 134 g/mol. The predicted molar refractivity (Wildman–Crippen MR) is 42.4 cm³/mol. The largest absolute Gasteiger partial charge is 0.378 e. The van der Waals surface area contributed by atoms with E-state index in [0.29, 0.717) is 0 Å². The van der Waals surface area contributed by atoms with Crippen LogP contribution >= 0.6 is 11.9 Å². The molecule has 0 aromatic rings. The zero-order valence-electron chi connectivity index (χ0n) is 5.61.